The van der Waals surface area contributed by atoms with Crippen molar-refractivity contribution in [1.29, 1.82) is 0 Å². The van der Waals surface area contributed by atoms with Crippen molar-refractivity contribution in [3.63, 3.8) is 0 Å². The Hall–Kier alpha value is -0.830. The van der Waals surface area contributed by atoms with Crippen LogP contribution in [0.2, 0.25) is 0 Å². The van der Waals surface area contributed by atoms with Gasteiger partial charge < -0.3 is 5.32 Å². The fraction of sp³-hybridized carbons (Fsp3) is 0.786. The molecular weight excluding hydrogens is 210 g/mol. The summed E-state index contributed by atoms with van der Waals surface area (Å²) >= 11 is 0. The molecule has 17 heavy (non-hydrogen) atoms. The highest BCUT2D eigenvalue weighted by molar-refractivity contribution is 5.22. The van der Waals surface area contributed by atoms with E-state index in [0.29, 0.717) is 5.92 Å². The summed E-state index contributed by atoms with van der Waals surface area (Å²) in [5.74, 6) is 0.589. The van der Waals surface area contributed by atoms with Gasteiger partial charge in [0.25, 0.3) is 0 Å². The normalized spacial score (nSPS) is 14.1. The third-order valence-electron chi connectivity index (χ3n) is 3.21. The minimum Gasteiger partial charge on any atom is -0.312 e. The molecule has 0 aliphatic heterocycles. The van der Waals surface area contributed by atoms with Crippen LogP contribution in [0.25, 0.3) is 0 Å². The lowest BCUT2D eigenvalue weighted by atomic mass is 10.1. The molecule has 0 saturated carbocycles. The van der Waals surface area contributed by atoms with E-state index in [4.69, 9.17) is 0 Å². The second-order valence-corrected chi connectivity index (χ2v) is 6.21. The fourth-order valence-electron chi connectivity index (χ4n) is 1.80. The van der Waals surface area contributed by atoms with E-state index in [0.717, 1.165) is 18.8 Å². The van der Waals surface area contributed by atoms with Crippen LogP contribution in [0.1, 0.15) is 44.6 Å². The van der Waals surface area contributed by atoms with Crippen LogP contribution in [0.5, 0.6) is 0 Å². The highest BCUT2D eigenvalue weighted by Gasteiger charge is 2.13. The zero-order valence-electron chi connectivity index (χ0n) is 12.4. The lowest BCUT2D eigenvalue weighted by molar-refractivity contribution is 0.349. The Morgan fingerprint density at radius 1 is 1.24 bits per heavy atom. The number of nitrogens with zero attached hydrogens (tertiary/aromatic N) is 2. The van der Waals surface area contributed by atoms with Crippen molar-refractivity contribution in [2.45, 2.75) is 60.5 Å². The molecule has 1 unspecified atom stereocenters. The Bertz CT molecular complexity index is 372. The first-order valence-electron chi connectivity index (χ1n) is 6.46. The average molecular weight is 237 g/mol. The van der Waals surface area contributed by atoms with E-state index in [1.165, 1.54) is 11.3 Å². The fourth-order valence-corrected chi connectivity index (χ4v) is 1.80. The van der Waals surface area contributed by atoms with Gasteiger partial charge in [-0.25, -0.2) is 0 Å². The Labute approximate surface area is 106 Å². The van der Waals surface area contributed by atoms with Crippen LogP contribution < -0.4 is 5.32 Å². The highest BCUT2D eigenvalue weighted by atomic mass is 15.3. The number of rotatable bonds is 4. The van der Waals surface area contributed by atoms with Crippen LogP contribution in [0, 0.1) is 26.7 Å². The molecule has 0 saturated heterocycles. The van der Waals surface area contributed by atoms with Crippen molar-refractivity contribution in [3.05, 3.63) is 17.0 Å². The molecule has 0 aliphatic carbocycles. The van der Waals surface area contributed by atoms with Crippen LogP contribution in [0.4, 0.5) is 0 Å². The third-order valence-corrected chi connectivity index (χ3v) is 3.21. The molecule has 1 atom stereocenters. The van der Waals surface area contributed by atoms with Gasteiger partial charge in [-0.2, -0.15) is 5.10 Å². The van der Waals surface area contributed by atoms with Crippen molar-refractivity contribution in [1.82, 2.24) is 15.1 Å². The lowest BCUT2D eigenvalue weighted by Gasteiger charge is -2.23. The maximum absolute atomic E-state index is 4.58. The summed E-state index contributed by atoms with van der Waals surface area (Å²) in [6.45, 7) is 17.3. The molecule has 1 N–H and O–H groups in total. The number of aromatic nitrogens is 2. The zero-order chi connectivity index (χ0) is 13.2. The first-order chi connectivity index (χ1) is 7.70. The molecule has 1 rings (SSSR count). The van der Waals surface area contributed by atoms with Crippen LogP contribution in [0.3, 0.4) is 0 Å². The molecule has 0 spiro atoms. The van der Waals surface area contributed by atoms with Gasteiger partial charge >= 0.3 is 0 Å². The van der Waals surface area contributed by atoms with Crippen molar-refractivity contribution in [3.8, 4) is 0 Å². The summed E-state index contributed by atoms with van der Waals surface area (Å²) in [6, 6.07) is 0. The maximum atomic E-state index is 4.58. The van der Waals surface area contributed by atoms with E-state index in [1.54, 1.807) is 0 Å². The third kappa shape index (κ3) is 4.15. The van der Waals surface area contributed by atoms with Crippen molar-refractivity contribution < 1.29 is 0 Å². The molecule has 0 aromatic carbocycles. The molecule has 0 amide bonds. The monoisotopic (exact) mass is 237 g/mol. The topological polar surface area (TPSA) is 29.9 Å². The lowest BCUT2D eigenvalue weighted by Crippen LogP contribution is -2.39. The van der Waals surface area contributed by atoms with E-state index in [9.17, 15) is 0 Å². The molecule has 98 valence electrons. The average Bonchev–Trinajstić information content (AvgIpc) is 2.43. The second-order valence-electron chi connectivity index (χ2n) is 6.21. The van der Waals surface area contributed by atoms with Gasteiger partial charge in [-0.05, 0) is 59.6 Å². The van der Waals surface area contributed by atoms with Crippen LogP contribution in [0.15, 0.2) is 0 Å². The van der Waals surface area contributed by atoms with Gasteiger partial charge in [0.05, 0.1) is 5.69 Å². The number of hydrogen-bond acceptors (Lipinski definition) is 2. The molecule has 3 heteroatoms. The summed E-state index contributed by atoms with van der Waals surface area (Å²) in [5.41, 5.74) is 3.96. The van der Waals surface area contributed by atoms with Gasteiger partial charge in [0.15, 0.2) is 0 Å². The van der Waals surface area contributed by atoms with E-state index in [-0.39, 0.29) is 5.54 Å². The quantitative estimate of drug-likeness (QED) is 0.872. The summed E-state index contributed by atoms with van der Waals surface area (Å²) in [5, 5.41) is 8.12. The van der Waals surface area contributed by atoms with E-state index in [2.05, 4.69) is 63.6 Å². The summed E-state index contributed by atoms with van der Waals surface area (Å²) in [7, 11) is 0. The van der Waals surface area contributed by atoms with Crippen LogP contribution in [-0.4, -0.2) is 21.9 Å². The van der Waals surface area contributed by atoms with E-state index >= 15 is 0 Å². The summed E-state index contributed by atoms with van der Waals surface area (Å²) in [6.07, 6.45) is 0. The first kappa shape index (κ1) is 14.2. The molecule has 0 aliphatic rings. The molecule has 1 heterocycles. The predicted molar refractivity (Wildman–Crippen MR) is 73.4 cm³/mol. The molecule has 0 fully saturated rings. The molecule has 0 radical (unpaired) electrons. The van der Waals surface area contributed by atoms with E-state index < -0.39 is 0 Å². The minimum absolute atomic E-state index is 0.194. The maximum Gasteiger partial charge on any atom is 0.0625 e. The van der Waals surface area contributed by atoms with Gasteiger partial charge in [0, 0.05) is 17.8 Å². The Morgan fingerprint density at radius 3 is 2.24 bits per heavy atom. The Kier molecular flexibility index (Phi) is 4.36. The molecule has 0 bridgehead atoms. The minimum atomic E-state index is 0.194. The highest BCUT2D eigenvalue weighted by Crippen LogP contribution is 2.13. The van der Waals surface area contributed by atoms with Crippen LogP contribution in [-0.2, 0) is 6.54 Å². The summed E-state index contributed by atoms with van der Waals surface area (Å²) < 4.78 is 2.14. The SMILES string of the molecule is Cc1nn(CC(C)CNC(C)(C)C)c(C)c1C. The standard InChI is InChI=1S/C14H27N3/c1-10(8-15-14(5,6)7)9-17-13(4)11(2)12(3)16-17/h10,15H,8-9H2,1-7H3. The zero-order valence-corrected chi connectivity index (χ0v) is 12.4. The van der Waals surface area contributed by atoms with Crippen molar-refractivity contribution in [2.24, 2.45) is 5.92 Å². The predicted octanol–water partition coefficient (Wildman–Crippen LogP) is 2.83. The molecule has 3 nitrogen and oxygen atoms in total. The van der Waals surface area contributed by atoms with Gasteiger partial charge in [-0.15, -0.1) is 0 Å². The second kappa shape index (κ2) is 5.21. The number of nitrogens with one attached hydrogen (secondary N) is 1. The van der Waals surface area contributed by atoms with Crippen molar-refractivity contribution in [2.75, 3.05) is 6.54 Å². The molecule has 1 aromatic heterocycles. The van der Waals surface area contributed by atoms with Gasteiger partial charge in [0.1, 0.15) is 0 Å². The van der Waals surface area contributed by atoms with Crippen LogP contribution >= 0.6 is 0 Å². The Balaban J connectivity index is 2.56. The Morgan fingerprint density at radius 2 is 1.82 bits per heavy atom. The largest absolute Gasteiger partial charge is 0.312 e. The van der Waals surface area contributed by atoms with Gasteiger partial charge in [0.2, 0.25) is 0 Å². The summed E-state index contributed by atoms with van der Waals surface area (Å²) in [4.78, 5) is 0. The van der Waals surface area contributed by atoms with Gasteiger partial charge in [-0.1, -0.05) is 6.92 Å². The van der Waals surface area contributed by atoms with Crippen molar-refractivity contribution >= 4 is 0 Å². The smallest absolute Gasteiger partial charge is 0.0625 e. The molecular formula is C14H27N3. The van der Waals surface area contributed by atoms with E-state index in [1.807, 2.05) is 0 Å². The van der Waals surface area contributed by atoms with Gasteiger partial charge in [-0.3, -0.25) is 4.68 Å². The first-order valence-corrected chi connectivity index (χ1v) is 6.46. The molecule has 1 aromatic rings. The number of aryl methyl sites for hydroxylation is 1. The number of hydrogen-bond donors (Lipinski definition) is 1.